The van der Waals surface area contributed by atoms with E-state index in [2.05, 4.69) is 17.9 Å². The first-order valence-electron chi connectivity index (χ1n) is 5.57. The van der Waals surface area contributed by atoms with E-state index < -0.39 is 0 Å². The van der Waals surface area contributed by atoms with Gasteiger partial charge in [0, 0.05) is 13.2 Å². The maximum absolute atomic E-state index is 8.63. The molecule has 0 saturated carbocycles. The maximum Gasteiger partial charge on any atom is 0.0866 e. The Kier molecular flexibility index (Phi) is 5.58. The lowest BCUT2D eigenvalue weighted by molar-refractivity contribution is 0.0936. The van der Waals surface area contributed by atoms with Crippen LogP contribution in [0.15, 0.2) is 0 Å². The second kappa shape index (κ2) is 6.80. The van der Waals surface area contributed by atoms with Crippen LogP contribution in [0.5, 0.6) is 0 Å². The first-order valence-corrected chi connectivity index (χ1v) is 5.57. The second-order valence-corrected chi connectivity index (χ2v) is 3.86. The largest absolute Gasteiger partial charge is 0.378 e. The Bertz CT molecular complexity index is 182. The zero-order valence-electron chi connectivity index (χ0n) is 9.04. The van der Waals surface area contributed by atoms with Crippen molar-refractivity contribution >= 4 is 0 Å². The monoisotopic (exact) mass is 196 g/mol. The molecule has 1 aliphatic heterocycles. The summed E-state index contributed by atoms with van der Waals surface area (Å²) < 4.78 is 5.55. The average molecular weight is 196 g/mol. The molecule has 1 atom stereocenters. The highest BCUT2D eigenvalue weighted by Gasteiger charge is 2.16. The van der Waals surface area contributed by atoms with E-state index in [1.165, 1.54) is 12.8 Å². The molecule has 0 N–H and O–H groups in total. The highest BCUT2D eigenvalue weighted by Crippen LogP contribution is 2.15. The van der Waals surface area contributed by atoms with Gasteiger partial charge in [-0.25, -0.2) is 0 Å². The first-order chi connectivity index (χ1) is 6.86. The van der Waals surface area contributed by atoms with Crippen molar-refractivity contribution in [2.24, 2.45) is 0 Å². The van der Waals surface area contributed by atoms with E-state index in [-0.39, 0.29) is 0 Å². The third-order valence-corrected chi connectivity index (χ3v) is 2.63. The predicted molar refractivity (Wildman–Crippen MR) is 55.9 cm³/mol. The molecule has 0 aromatic rings. The van der Waals surface area contributed by atoms with Crippen LogP contribution in [0, 0.1) is 11.3 Å². The molecule has 1 heterocycles. The summed E-state index contributed by atoms with van der Waals surface area (Å²) >= 11 is 0. The molecule has 1 saturated heterocycles. The second-order valence-electron chi connectivity index (χ2n) is 3.86. The fourth-order valence-corrected chi connectivity index (χ4v) is 1.88. The summed E-state index contributed by atoms with van der Waals surface area (Å²) in [5, 5.41) is 8.63. The Labute approximate surface area is 86.6 Å². The topological polar surface area (TPSA) is 36.3 Å². The molecule has 0 radical (unpaired) electrons. The standard InChI is InChI=1S/C11H20N2O/c1-2-7-13(9-6-12)8-5-11-4-3-10-14-11/h11H,2-5,7-10H2,1H3. The van der Waals surface area contributed by atoms with Crippen LogP contribution < -0.4 is 0 Å². The summed E-state index contributed by atoms with van der Waals surface area (Å²) in [5.74, 6) is 0. The van der Waals surface area contributed by atoms with Crippen molar-refractivity contribution in [1.82, 2.24) is 4.90 Å². The summed E-state index contributed by atoms with van der Waals surface area (Å²) in [7, 11) is 0. The molecule has 1 aliphatic rings. The minimum absolute atomic E-state index is 0.452. The van der Waals surface area contributed by atoms with E-state index in [1.54, 1.807) is 0 Å². The molecule has 0 aromatic heterocycles. The van der Waals surface area contributed by atoms with Crippen LogP contribution >= 0.6 is 0 Å². The quantitative estimate of drug-likeness (QED) is 0.608. The van der Waals surface area contributed by atoms with Crippen LogP contribution in [0.3, 0.4) is 0 Å². The summed E-state index contributed by atoms with van der Waals surface area (Å²) in [6, 6.07) is 2.21. The fraction of sp³-hybridized carbons (Fsp3) is 0.909. The Morgan fingerprint density at radius 3 is 2.93 bits per heavy atom. The van der Waals surface area contributed by atoms with Gasteiger partial charge in [0.05, 0.1) is 18.7 Å². The summed E-state index contributed by atoms with van der Waals surface area (Å²) in [4.78, 5) is 2.21. The Morgan fingerprint density at radius 2 is 2.36 bits per heavy atom. The molecule has 1 rings (SSSR count). The van der Waals surface area contributed by atoms with Gasteiger partial charge < -0.3 is 4.74 Å². The van der Waals surface area contributed by atoms with Crippen LogP contribution in [-0.4, -0.2) is 37.2 Å². The van der Waals surface area contributed by atoms with E-state index in [9.17, 15) is 0 Å². The van der Waals surface area contributed by atoms with Crippen molar-refractivity contribution < 1.29 is 4.74 Å². The molecule has 0 bridgehead atoms. The third-order valence-electron chi connectivity index (χ3n) is 2.63. The Hall–Kier alpha value is -0.590. The lowest BCUT2D eigenvalue weighted by Crippen LogP contribution is -2.28. The SMILES string of the molecule is CCCN(CC#N)CCC1CCCO1. The van der Waals surface area contributed by atoms with Gasteiger partial charge in [-0.2, -0.15) is 5.26 Å². The van der Waals surface area contributed by atoms with Crippen molar-refractivity contribution in [1.29, 1.82) is 5.26 Å². The number of hydrogen-bond donors (Lipinski definition) is 0. The molecule has 0 aromatic carbocycles. The fourth-order valence-electron chi connectivity index (χ4n) is 1.88. The molecule has 3 nitrogen and oxygen atoms in total. The molecular formula is C11H20N2O. The number of nitriles is 1. The first kappa shape index (κ1) is 11.5. The molecule has 3 heteroatoms. The van der Waals surface area contributed by atoms with Gasteiger partial charge in [-0.3, -0.25) is 4.90 Å². The van der Waals surface area contributed by atoms with Crippen molar-refractivity contribution in [3.8, 4) is 6.07 Å². The van der Waals surface area contributed by atoms with Gasteiger partial charge in [-0.05, 0) is 32.2 Å². The summed E-state index contributed by atoms with van der Waals surface area (Å²) in [6.07, 6.45) is 5.06. The molecule has 1 unspecified atom stereocenters. The van der Waals surface area contributed by atoms with Gasteiger partial charge in [0.15, 0.2) is 0 Å². The molecule has 0 aliphatic carbocycles. The normalized spacial score (nSPS) is 21.4. The van der Waals surface area contributed by atoms with E-state index in [0.29, 0.717) is 12.6 Å². The van der Waals surface area contributed by atoms with Gasteiger partial charge in [0.1, 0.15) is 0 Å². The molecule has 80 valence electrons. The lowest BCUT2D eigenvalue weighted by Gasteiger charge is -2.19. The molecule has 0 spiro atoms. The lowest BCUT2D eigenvalue weighted by atomic mass is 10.2. The van der Waals surface area contributed by atoms with Gasteiger partial charge in [0.25, 0.3) is 0 Å². The van der Waals surface area contributed by atoms with Crippen molar-refractivity contribution in [3.63, 3.8) is 0 Å². The van der Waals surface area contributed by atoms with E-state index >= 15 is 0 Å². The van der Waals surface area contributed by atoms with E-state index in [4.69, 9.17) is 10.00 Å². The van der Waals surface area contributed by atoms with Crippen molar-refractivity contribution in [2.45, 2.75) is 38.7 Å². The summed E-state index contributed by atoms with van der Waals surface area (Å²) in [6.45, 7) is 5.67. The van der Waals surface area contributed by atoms with Gasteiger partial charge in [-0.15, -0.1) is 0 Å². The molecule has 0 amide bonds. The van der Waals surface area contributed by atoms with Crippen LogP contribution in [0.2, 0.25) is 0 Å². The maximum atomic E-state index is 8.63. The molecule has 1 fully saturated rings. The highest BCUT2D eigenvalue weighted by atomic mass is 16.5. The zero-order valence-corrected chi connectivity index (χ0v) is 9.04. The van der Waals surface area contributed by atoms with Gasteiger partial charge in [-0.1, -0.05) is 6.92 Å². The Morgan fingerprint density at radius 1 is 1.50 bits per heavy atom. The third kappa shape index (κ3) is 4.08. The average Bonchev–Trinajstić information content (AvgIpc) is 2.67. The molecule has 14 heavy (non-hydrogen) atoms. The number of nitrogens with zero attached hydrogens (tertiary/aromatic N) is 2. The van der Waals surface area contributed by atoms with Crippen LogP contribution in [-0.2, 0) is 4.74 Å². The van der Waals surface area contributed by atoms with Gasteiger partial charge in [0.2, 0.25) is 0 Å². The summed E-state index contributed by atoms with van der Waals surface area (Å²) in [5.41, 5.74) is 0. The molecular weight excluding hydrogens is 176 g/mol. The number of rotatable bonds is 6. The van der Waals surface area contributed by atoms with Crippen LogP contribution in [0.4, 0.5) is 0 Å². The zero-order chi connectivity index (χ0) is 10.2. The smallest absolute Gasteiger partial charge is 0.0866 e. The van der Waals surface area contributed by atoms with Crippen molar-refractivity contribution in [2.75, 3.05) is 26.2 Å². The predicted octanol–water partition coefficient (Wildman–Crippen LogP) is 1.79. The van der Waals surface area contributed by atoms with E-state index in [1.807, 2.05) is 0 Å². The minimum Gasteiger partial charge on any atom is -0.378 e. The Balaban J connectivity index is 2.14. The number of hydrogen-bond acceptors (Lipinski definition) is 3. The van der Waals surface area contributed by atoms with E-state index in [0.717, 1.165) is 32.5 Å². The highest BCUT2D eigenvalue weighted by molar-refractivity contribution is 4.77. The minimum atomic E-state index is 0.452. The van der Waals surface area contributed by atoms with Crippen LogP contribution in [0.1, 0.15) is 32.6 Å². The number of ether oxygens (including phenoxy) is 1. The van der Waals surface area contributed by atoms with Gasteiger partial charge >= 0.3 is 0 Å². The van der Waals surface area contributed by atoms with Crippen LogP contribution in [0.25, 0.3) is 0 Å². The van der Waals surface area contributed by atoms with Crippen molar-refractivity contribution in [3.05, 3.63) is 0 Å².